The van der Waals surface area contributed by atoms with Crippen LogP contribution in [0.3, 0.4) is 0 Å². The first-order valence-corrected chi connectivity index (χ1v) is 9.29. The molecule has 0 bridgehead atoms. The molecule has 2 amide bonds. The molecule has 0 spiro atoms. The van der Waals surface area contributed by atoms with Crippen LogP contribution in [-0.2, 0) is 4.79 Å². The maximum atomic E-state index is 12.6. The average Bonchev–Trinajstić information content (AvgIpc) is 2.69. The lowest BCUT2D eigenvalue weighted by Gasteiger charge is -2.32. The molecule has 25 heavy (non-hydrogen) atoms. The van der Waals surface area contributed by atoms with Gasteiger partial charge in [0.1, 0.15) is 0 Å². The molecule has 6 heteroatoms. The summed E-state index contributed by atoms with van der Waals surface area (Å²) in [6.45, 7) is 6.96. The minimum Gasteiger partial charge on any atom is -0.355 e. The predicted molar refractivity (Wildman–Crippen MR) is 97.4 cm³/mol. The highest BCUT2D eigenvalue weighted by Gasteiger charge is 2.28. The number of nitrogens with one attached hydrogen (secondary N) is 2. The van der Waals surface area contributed by atoms with Gasteiger partial charge in [0.2, 0.25) is 5.91 Å². The van der Waals surface area contributed by atoms with E-state index in [9.17, 15) is 9.59 Å². The molecule has 0 aromatic heterocycles. The van der Waals surface area contributed by atoms with Crippen molar-refractivity contribution in [2.24, 2.45) is 5.92 Å². The first kappa shape index (κ1) is 17.9. The van der Waals surface area contributed by atoms with E-state index in [0.717, 1.165) is 52.1 Å². The summed E-state index contributed by atoms with van der Waals surface area (Å²) in [5.74, 6) is 0.0176. The lowest BCUT2D eigenvalue weighted by Crippen LogP contribution is -2.48. The van der Waals surface area contributed by atoms with E-state index in [1.54, 1.807) is 0 Å². The van der Waals surface area contributed by atoms with Crippen LogP contribution in [0.5, 0.6) is 0 Å². The zero-order valence-corrected chi connectivity index (χ0v) is 14.7. The predicted octanol–water partition coefficient (Wildman–Crippen LogP) is 0.560. The summed E-state index contributed by atoms with van der Waals surface area (Å²) in [6.07, 6.45) is 1.74. The van der Waals surface area contributed by atoms with Crippen LogP contribution in [-0.4, -0.2) is 74.0 Å². The highest BCUT2D eigenvalue weighted by Crippen LogP contribution is 2.18. The van der Waals surface area contributed by atoms with E-state index >= 15 is 0 Å². The Morgan fingerprint density at radius 1 is 1.12 bits per heavy atom. The van der Waals surface area contributed by atoms with E-state index in [1.807, 2.05) is 35.2 Å². The SMILES string of the molecule is O=C(NCCN1CCNCC1)C1CCCN(C(=O)c2ccccc2)C1. The van der Waals surface area contributed by atoms with Crippen molar-refractivity contribution in [3.8, 4) is 0 Å². The van der Waals surface area contributed by atoms with Crippen molar-refractivity contribution < 1.29 is 9.59 Å². The Morgan fingerprint density at radius 2 is 1.88 bits per heavy atom. The topological polar surface area (TPSA) is 64.7 Å². The Bertz CT molecular complexity index is 572. The molecular weight excluding hydrogens is 316 g/mol. The fourth-order valence-electron chi connectivity index (χ4n) is 3.56. The molecule has 2 fully saturated rings. The average molecular weight is 344 g/mol. The Balaban J connectivity index is 1.45. The number of amides is 2. The van der Waals surface area contributed by atoms with Gasteiger partial charge < -0.3 is 15.5 Å². The quantitative estimate of drug-likeness (QED) is 0.819. The minimum atomic E-state index is -0.0931. The molecule has 2 saturated heterocycles. The summed E-state index contributed by atoms with van der Waals surface area (Å²) in [5.41, 5.74) is 0.697. The largest absolute Gasteiger partial charge is 0.355 e. The van der Waals surface area contributed by atoms with Gasteiger partial charge in [-0.1, -0.05) is 18.2 Å². The number of nitrogens with zero attached hydrogens (tertiary/aromatic N) is 2. The van der Waals surface area contributed by atoms with Crippen LogP contribution < -0.4 is 10.6 Å². The normalized spacial score (nSPS) is 21.8. The molecule has 3 rings (SSSR count). The second-order valence-electron chi connectivity index (χ2n) is 6.84. The highest BCUT2D eigenvalue weighted by molar-refractivity contribution is 5.94. The maximum absolute atomic E-state index is 12.6. The van der Waals surface area contributed by atoms with Crippen molar-refractivity contribution in [1.29, 1.82) is 0 Å². The van der Waals surface area contributed by atoms with Gasteiger partial charge >= 0.3 is 0 Å². The molecule has 136 valence electrons. The van der Waals surface area contributed by atoms with Gasteiger partial charge in [-0.15, -0.1) is 0 Å². The second-order valence-corrected chi connectivity index (χ2v) is 6.84. The van der Waals surface area contributed by atoms with Gasteiger partial charge in [-0.25, -0.2) is 0 Å². The van der Waals surface area contributed by atoms with Crippen molar-refractivity contribution >= 4 is 11.8 Å². The summed E-state index contributed by atoms with van der Waals surface area (Å²) >= 11 is 0. The number of likely N-dealkylation sites (tertiary alicyclic amines) is 1. The zero-order chi connectivity index (χ0) is 17.5. The van der Waals surface area contributed by atoms with Crippen LogP contribution in [0.4, 0.5) is 0 Å². The molecule has 1 aromatic rings. The van der Waals surface area contributed by atoms with E-state index in [0.29, 0.717) is 18.7 Å². The van der Waals surface area contributed by atoms with E-state index in [2.05, 4.69) is 15.5 Å². The van der Waals surface area contributed by atoms with Crippen molar-refractivity contribution in [2.75, 3.05) is 52.4 Å². The summed E-state index contributed by atoms with van der Waals surface area (Å²) in [7, 11) is 0. The van der Waals surface area contributed by atoms with Crippen LogP contribution in [0.2, 0.25) is 0 Å². The standard InChI is InChI=1S/C19H28N4O2/c24-18(21-10-14-22-12-8-20-9-13-22)17-7-4-11-23(15-17)19(25)16-5-2-1-3-6-16/h1-3,5-6,17,20H,4,7-15H2,(H,21,24). The number of hydrogen-bond donors (Lipinski definition) is 2. The van der Waals surface area contributed by atoms with E-state index in [1.165, 1.54) is 0 Å². The molecule has 2 heterocycles. The number of piperidine rings is 1. The van der Waals surface area contributed by atoms with Gasteiger partial charge in [-0.3, -0.25) is 14.5 Å². The number of benzene rings is 1. The Hall–Kier alpha value is -1.92. The van der Waals surface area contributed by atoms with Crippen molar-refractivity contribution in [1.82, 2.24) is 20.4 Å². The molecule has 2 aliphatic rings. The third-order valence-corrected chi connectivity index (χ3v) is 5.04. The van der Waals surface area contributed by atoms with Crippen LogP contribution in [0.15, 0.2) is 30.3 Å². The third kappa shape index (κ3) is 5.03. The number of piperazine rings is 1. The van der Waals surface area contributed by atoms with E-state index in [4.69, 9.17) is 0 Å². The third-order valence-electron chi connectivity index (χ3n) is 5.04. The zero-order valence-electron chi connectivity index (χ0n) is 14.7. The van der Waals surface area contributed by atoms with Crippen LogP contribution >= 0.6 is 0 Å². The van der Waals surface area contributed by atoms with Gasteiger partial charge in [0, 0.05) is 57.9 Å². The first-order valence-electron chi connectivity index (χ1n) is 9.29. The van der Waals surface area contributed by atoms with E-state index < -0.39 is 0 Å². The van der Waals surface area contributed by atoms with Gasteiger partial charge in [0.15, 0.2) is 0 Å². The molecule has 1 aromatic carbocycles. The maximum Gasteiger partial charge on any atom is 0.253 e. The van der Waals surface area contributed by atoms with Crippen molar-refractivity contribution in [3.63, 3.8) is 0 Å². The molecule has 1 atom stereocenters. The monoisotopic (exact) mass is 344 g/mol. The first-order chi connectivity index (χ1) is 12.2. The molecule has 2 N–H and O–H groups in total. The summed E-state index contributed by atoms with van der Waals surface area (Å²) in [4.78, 5) is 29.2. The Labute approximate surface area is 149 Å². The van der Waals surface area contributed by atoms with Gasteiger partial charge in [0.25, 0.3) is 5.91 Å². The van der Waals surface area contributed by atoms with Gasteiger partial charge in [0.05, 0.1) is 5.92 Å². The minimum absolute atomic E-state index is 0.0268. The smallest absolute Gasteiger partial charge is 0.253 e. The molecule has 2 aliphatic heterocycles. The molecule has 1 unspecified atom stereocenters. The van der Waals surface area contributed by atoms with Crippen LogP contribution in [0, 0.1) is 5.92 Å². The van der Waals surface area contributed by atoms with Crippen molar-refractivity contribution in [2.45, 2.75) is 12.8 Å². The van der Waals surface area contributed by atoms with Gasteiger partial charge in [-0.05, 0) is 25.0 Å². The lowest BCUT2D eigenvalue weighted by molar-refractivity contribution is -0.126. The second kappa shape index (κ2) is 8.97. The highest BCUT2D eigenvalue weighted by atomic mass is 16.2. The fourth-order valence-corrected chi connectivity index (χ4v) is 3.56. The van der Waals surface area contributed by atoms with E-state index in [-0.39, 0.29) is 17.7 Å². The number of hydrogen-bond acceptors (Lipinski definition) is 4. The molecular formula is C19H28N4O2. The number of rotatable bonds is 5. The Morgan fingerprint density at radius 3 is 2.64 bits per heavy atom. The number of carbonyl (C=O) groups excluding carboxylic acids is 2. The summed E-state index contributed by atoms with van der Waals surface area (Å²) < 4.78 is 0. The molecule has 6 nitrogen and oxygen atoms in total. The summed E-state index contributed by atoms with van der Waals surface area (Å²) in [5, 5.41) is 6.39. The van der Waals surface area contributed by atoms with Crippen LogP contribution in [0.1, 0.15) is 23.2 Å². The lowest BCUT2D eigenvalue weighted by atomic mass is 9.96. The molecule has 0 saturated carbocycles. The van der Waals surface area contributed by atoms with Crippen LogP contribution in [0.25, 0.3) is 0 Å². The molecule has 0 radical (unpaired) electrons. The Kier molecular flexibility index (Phi) is 6.42. The number of carbonyl (C=O) groups is 2. The van der Waals surface area contributed by atoms with Crippen molar-refractivity contribution in [3.05, 3.63) is 35.9 Å². The van der Waals surface area contributed by atoms with Gasteiger partial charge in [-0.2, -0.15) is 0 Å². The molecule has 0 aliphatic carbocycles. The fraction of sp³-hybridized carbons (Fsp3) is 0.579. The summed E-state index contributed by atoms with van der Waals surface area (Å²) in [6, 6.07) is 9.32.